The van der Waals surface area contributed by atoms with Crippen molar-refractivity contribution in [2.24, 2.45) is 5.92 Å². The molecule has 5 nitrogen and oxygen atoms in total. The number of hydrogen-bond donors (Lipinski definition) is 2. The standard InChI is InChI=1S/C13H22ClN3O2S/c1-5-10(6-2)9(3)17-20(18,19)11-7-12(14)13(15-4)16-8-11/h7-10,17H,5-6H2,1-4H3,(H,15,16). The van der Waals surface area contributed by atoms with Crippen LogP contribution in [0, 0.1) is 5.92 Å². The van der Waals surface area contributed by atoms with Crippen molar-refractivity contribution in [3.8, 4) is 0 Å². The molecule has 0 radical (unpaired) electrons. The fourth-order valence-corrected chi connectivity index (χ4v) is 3.76. The normalized spacial score (nSPS) is 13.5. The first-order valence-corrected chi connectivity index (χ1v) is 8.57. The summed E-state index contributed by atoms with van der Waals surface area (Å²) in [5.41, 5.74) is 0. The van der Waals surface area contributed by atoms with E-state index in [1.165, 1.54) is 12.3 Å². The lowest BCUT2D eigenvalue weighted by atomic mass is 9.96. The summed E-state index contributed by atoms with van der Waals surface area (Å²) in [4.78, 5) is 4.08. The Kier molecular flexibility index (Phi) is 6.23. The summed E-state index contributed by atoms with van der Waals surface area (Å²) in [5.74, 6) is 0.767. The second kappa shape index (κ2) is 7.24. The maximum absolute atomic E-state index is 12.3. The Morgan fingerprint density at radius 3 is 2.40 bits per heavy atom. The van der Waals surface area contributed by atoms with E-state index in [9.17, 15) is 8.42 Å². The lowest BCUT2D eigenvalue weighted by Gasteiger charge is -2.22. The van der Waals surface area contributed by atoms with E-state index < -0.39 is 10.0 Å². The van der Waals surface area contributed by atoms with E-state index in [-0.39, 0.29) is 16.0 Å². The van der Waals surface area contributed by atoms with Crippen LogP contribution in [0.15, 0.2) is 17.2 Å². The number of pyridine rings is 1. The number of sulfonamides is 1. The molecule has 0 amide bonds. The van der Waals surface area contributed by atoms with Crippen LogP contribution in [0.3, 0.4) is 0 Å². The highest BCUT2D eigenvalue weighted by molar-refractivity contribution is 7.89. The molecule has 1 unspecified atom stereocenters. The molecule has 0 aliphatic heterocycles. The van der Waals surface area contributed by atoms with Crippen LogP contribution in [-0.2, 0) is 10.0 Å². The Labute approximate surface area is 126 Å². The van der Waals surface area contributed by atoms with Gasteiger partial charge < -0.3 is 5.32 Å². The van der Waals surface area contributed by atoms with Gasteiger partial charge >= 0.3 is 0 Å². The van der Waals surface area contributed by atoms with E-state index in [2.05, 4.69) is 28.9 Å². The minimum Gasteiger partial charge on any atom is -0.372 e. The van der Waals surface area contributed by atoms with E-state index in [1.807, 2.05) is 6.92 Å². The Balaban J connectivity index is 2.97. The third-order valence-electron chi connectivity index (χ3n) is 3.46. The highest BCUT2D eigenvalue weighted by Gasteiger charge is 2.22. The van der Waals surface area contributed by atoms with Crippen LogP contribution in [0.4, 0.5) is 5.82 Å². The van der Waals surface area contributed by atoms with Crippen molar-refractivity contribution in [3.05, 3.63) is 17.3 Å². The van der Waals surface area contributed by atoms with Crippen LogP contribution in [-0.4, -0.2) is 26.5 Å². The minimum absolute atomic E-state index is 0.0827. The van der Waals surface area contributed by atoms with Crippen molar-refractivity contribution in [1.82, 2.24) is 9.71 Å². The van der Waals surface area contributed by atoms with Crippen molar-refractivity contribution in [3.63, 3.8) is 0 Å². The third-order valence-corrected chi connectivity index (χ3v) is 5.27. The monoisotopic (exact) mass is 319 g/mol. The predicted molar refractivity (Wildman–Crippen MR) is 82.6 cm³/mol. The average Bonchev–Trinajstić information content (AvgIpc) is 2.39. The van der Waals surface area contributed by atoms with E-state index >= 15 is 0 Å². The quantitative estimate of drug-likeness (QED) is 0.810. The van der Waals surface area contributed by atoms with Crippen LogP contribution in [0.1, 0.15) is 33.6 Å². The highest BCUT2D eigenvalue weighted by atomic mass is 35.5. The second-order valence-electron chi connectivity index (χ2n) is 4.74. The van der Waals surface area contributed by atoms with Gasteiger partial charge in [-0.05, 0) is 18.9 Å². The molecule has 20 heavy (non-hydrogen) atoms. The van der Waals surface area contributed by atoms with Crippen LogP contribution in [0.2, 0.25) is 5.02 Å². The number of nitrogens with zero attached hydrogens (tertiary/aromatic N) is 1. The third kappa shape index (κ3) is 4.07. The van der Waals surface area contributed by atoms with Gasteiger partial charge in [0.05, 0.1) is 5.02 Å². The molecule has 1 aromatic rings. The number of nitrogens with one attached hydrogen (secondary N) is 2. The Hall–Kier alpha value is -0.850. The van der Waals surface area contributed by atoms with Gasteiger partial charge in [-0.3, -0.25) is 0 Å². The number of hydrogen-bond acceptors (Lipinski definition) is 4. The molecule has 2 N–H and O–H groups in total. The number of rotatable bonds is 7. The first-order chi connectivity index (χ1) is 9.35. The zero-order valence-electron chi connectivity index (χ0n) is 12.3. The topological polar surface area (TPSA) is 71.1 Å². The van der Waals surface area contributed by atoms with Gasteiger partial charge in [0.25, 0.3) is 0 Å². The first kappa shape index (κ1) is 17.2. The molecule has 0 aromatic carbocycles. The fourth-order valence-electron chi connectivity index (χ4n) is 2.16. The molecule has 114 valence electrons. The van der Waals surface area contributed by atoms with Gasteiger partial charge in [-0.25, -0.2) is 18.1 Å². The van der Waals surface area contributed by atoms with Crippen LogP contribution < -0.4 is 10.0 Å². The molecule has 1 rings (SSSR count). The smallest absolute Gasteiger partial charge is 0.242 e. The molecule has 1 atom stereocenters. The first-order valence-electron chi connectivity index (χ1n) is 6.71. The largest absolute Gasteiger partial charge is 0.372 e. The summed E-state index contributed by atoms with van der Waals surface area (Å²) in [7, 11) is -1.92. The van der Waals surface area contributed by atoms with Gasteiger partial charge in [0.2, 0.25) is 10.0 Å². The summed E-state index contributed by atoms with van der Waals surface area (Å²) in [5, 5.41) is 3.08. The average molecular weight is 320 g/mol. The molecule has 1 heterocycles. The molecule has 7 heteroatoms. The van der Waals surface area contributed by atoms with Gasteiger partial charge in [-0.1, -0.05) is 38.3 Å². The van der Waals surface area contributed by atoms with Crippen molar-refractivity contribution in [1.29, 1.82) is 0 Å². The fraction of sp³-hybridized carbons (Fsp3) is 0.615. The molecule has 0 saturated heterocycles. The van der Waals surface area contributed by atoms with Gasteiger partial charge in [0.1, 0.15) is 10.7 Å². The molecular weight excluding hydrogens is 298 g/mol. The second-order valence-corrected chi connectivity index (χ2v) is 6.86. The van der Waals surface area contributed by atoms with Crippen molar-refractivity contribution >= 4 is 27.4 Å². The van der Waals surface area contributed by atoms with Crippen LogP contribution >= 0.6 is 11.6 Å². The summed E-state index contributed by atoms with van der Waals surface area (Å²) in [6.45, 7) is 5.99. The van der Waals surface area contributed by atoms with Crippen LogP contribution in [0.5, 0.6) is 0 Å². The Morgan fingerprint density at radius 1 is 1.35 bits per heavy atom. The maximum Gasteiger partial charge on any atom is 0.242 e. The maximum atomic E-state index is 12.3. The molecule has 0 saturated carbocycles. The summed E-state index contributed by atoms with van der Waals surface area (Å²) in [6.07, 6.45) is 3.16. The summed E-state index contributed by atoms with van der Waals surface area (Å²) in [6, 6.07) is 1.28. The zero-order valence-corrected chi connectivity index (χ0v) is 13.8. The molecule has 1 aromatic heterocycles. The molecule has 0 spiro atoms. The van der Waals surface area contributed by atoms with E-state index in [1.54, 1.807) is 7.05 Å². The van der Waals surface area contributed by atoms with Gasteiger partial charge in [0, 0.05) is 19.3 Å². The van der Waals surface area contributed by atoms with Gasteiger partial charge in [-0.15, -0.1) is 0 Å². The van der Waals surface area contributed by atoms with Crippen molar-refractivity contribution in [2.45, 2.75) is 44.6 Å². The number of halogens is 1. The molecule has 0 aliphatic rings. The predicted octanol–water partition coefficient (Wildman–Crippen LogP) is 2.88. The van der Waals surface area contributed by atoms with Crippen molar-refractivity contribution < 1.29 is 8.42 Å². The van der Waals surface area contributed by atoms with Crippen molar-refractivity contribution in [2.75, 3.05) is 12.4 Å². The highest BCUT2D eigenvalue weighted by Crippen LogP contribution is 2.23. The SMILES string of the molecule is CCC(CC)C(C)NS(=O)(=O)c1cnc(NC)c(Cl)c1. The van der Waals surface area contributed by atoms with Crippen LogP contribution in [0.25, 0.3) is 0 Å². The Morgan fingerprint density at radius 2 is 1.95 bits per heavy atom. The zero-order chi connectivity index (χ0) is 15.3. The molecule has 0 bridgehead atoms. The molecule has 0 fully saturated rings. The number of aromatic nitrogens is 1. The van der Waals surface area contributed by atoms with E-state index in [0.717, 1.165) is 12.8 Å². The number of anilines is 1. The van der Waals surface area contributed by atoms with E-state index in [0.29, 0.717) is 11.7 Å². The summed E-state index contributed by atoms with van der Waals surface area (Å²) < 4.78 is 27.3. The minimum atomic E-state index is -3.60. The lowest BCUT2D eigenvalue weighted by Crippen LogP contribution is -2.37. The lowest BCUT2D eigenvalue weighted by molar-refractivity contribution is 0.390. The van der Waals surface area contributed by atoms with Gasteiger partial charge in [-0.2, -0.15) is 0 Å². The molecule has 0 aliphatic carbocycles. The summed E-state index contributed by atoms with van der Waals surface area (Å²) >= 11 is 5.97. The Bertz CT molecular complexity index is 545. The molecular formula is C13H22ClN3O2S. The van der Waals surface area contributed by atoms with Gasteiger partial charge in [0.15, 0.2) is 0 Å². The van der Waals surface area contributed by atoms with E-state index in [4.69, 9.17) is 11.6 Å².